The van der Waals surface area contributed by atoms with Crippen LogP contribution in [0.3, 0.4) is 0 Å². The maximum absolute atomic E-state index is 5.43. The molecule has 0 amide bonds. The fourth-order valence-electron chi connectivity index (χ4n) is 3.01. The van der Waals surface area contributed by atoms with Crippen LogP contribution in [-0.4, -0.2) is 25.6 Å². The molecule has 2 aromatic carbocycles. The molecule has 2 aromatic rings. The number of nitrogens with one attached hydrogen (secondary N) is 1. The molecule has 0 radical (unpaired) electrons. The van der Waals surface area contributed by atoms with Gasteiger partial charge in [0.2, 0.25) is 0 Å². The van der Waals surface area contributed by atoms with Gasteiger partial charge in [0.1, 0.15) is 5.75 Å². The van der Waals surface area contributed by atoms with Crippen molar-refractivity contribution in [2.45, 2.75) is 19.5 Å². The van der Waals surface area contributed by atoms with Crippen molar-refractivity contribution >= 4 is 18.1 Å². The van der Waals surface area contributed by atoms with E-state index < -0.39 is 0 Å². The Labute approximate surface area is 138 Å². The average Bonchev–Trinajstić information content (AvgIpc) is 2.97. The van der Waals surface area contributed by atoms with Gasteiger partial charge in [0, 0.05) is 30.9 Å². The average molecular weight is 319 g/mol. The van der Waals surface area contributed by atoms with Crippen LogP contribution in [0.4, 0.5) is 5.69 Å². The number of fused-ring (bicyclic) bond motifs is 1. The molecule has 1 aliphatic heterocycles. The Hall–Kier alpha value is -1.71. The van der Waals surface area contributed by atoms with Crippen LogP contribution in [0.2, 0.25) is 0 Å². The third kappa shape index (κ3) is 3.54. The summed E-state index contributed by atoms with van der Waals surface area (Å²) in [5, 5.41) is 3.51. The largest absolute Gasteiger partial charge is 0.496 e. The van der Waals surface area contributed by atoms with E-state index in [0.29, 0.717) is 0 Å². The van der Waals surface area contributed by atoms with E-state index >= 15 is 0 Å². The lowest BCUT2D eigenvalue weighted by atomic mass is 10.1. The molecule has 4 heteroatoms. The highest BCUT2D eigenvalue weighted by molar-refractivity contribution is 5.85. The van der Waals surface area contributed by atoms with E-state index in [9.17, 15) is 0 Å². The highest BCUT2D eigenvalue weighted by atomic mass is 35.5. The molecule has 118 valence electrons. The lowest BCUT2D eigenvalue weighted by Crippen LogP contribution is -2.18. The van der Waals surface area contributed by atoms with Gasteiger partial charge in [-0.3, -0.25) is 4.90 Å². The highest BCUT2D eigenvalue weighted by Crippen LogP contribution is 2.28. The second-order valence-corrected chi connectivity index (χ2v) is 5.61. The normalized spacial score (nSPS) is 12.5. The summed E-state index contributed by atoms with van der Waals surface area (Å²) >= 11 is 0. The second-order valence-electron chi connectivity index (χ2n) is 5.61. The van der Waals surface area contributed by atoms with Gasteiger partial charge < -0.3 is 10.1 Å². The number of anilines is 1. The standard InChI is InChI=1S/C18H22N2O.ClH/c1-20(12-15-6-3-4-9-17(15)21-2)13-16-8-5-7-14-10-11-19-18(14)16;/h3-9,19H,10-13H2,1-2H3;1H. The van der Waals surface area contributed by atoms with Crippen LogP contribution in [0, 0.1) is 0 Å². The Balaban J connectivity index is 0.00000176. The van der Waals surface area contributed by atoms with Crippen LogP contribution in [-0.2, 0) is 19.5 Å². The summed E-state index contributed by atoms with van der Waals surface area (Å²) < 4.78 is 5.43. The summed E-state index contributed by atoms with van der Waals surface area (Å²) in [6.45, 7) is 2.88. The number of benzene rings is 2. The molecule has 1 aliphatic rings. The van der Waals surface area contributed by atoms with Crippen molar-refractivity contribution in [1.29, 1.82) is 0 Å². The van der Waals surface area contributed by atoms with Crippen molar-refractivity contribution in [3.05, 3.63) is 59.2 Å². The Kier molecular flexibility index (Phi) is 5.69. The summed E-state index contributed by atoms with van der Waals surface area (Å²) in [5.74, 6) is 0.959. The van der Waals surface area contributed by atoms with E-state index in [1.165, 1.54) is 22.4 Å². The van der Waals surface area contributed by atoms with Crippen LogP contribution in [0.5, 0.6) is 5.75 Å². The number of para-hydroxylation sites is 2. The van der Waals surface area contributed by atoms with Crippen LogP contribution in [0.1, 0.15) is 16.7 Å². The van der Waals surface area contributed by atoms with Crippen LogP contribution in [0.15, 0.2) is 42.5 Å². The van der Waals surface area contributed by atoms with Gasteiger partial charge >= 0.3 is 0 Å². The zero-order valence-corrected chi connectivity index (χ0v) is 14.0. The van der Waals surface area contributed by atoms with Gasteiger partial charge in [-0.25, -0.2) is 0 Å². The Morgan fingerprint density at radius 2 is 1.77 bits per heavy atom. The van der Waals surface area contributed by atoms with Crippen molar-refractivity contribution < 1.29 is 4.74 Å². The molecule has 0 fully saturated rings. The van der Waals surface area contributed by atoms with E-state index in [-0.39, 0.29) is 12.4 Å². The first kappa shape index (κ1) is 16.7. The fraction of sp³-hybridized carbons (Fsp3) is 0.333. The number of ether oxygens (including phenoxy) is 1. The molecule has 22 heavy (non-hydrogen) atoms. The number of halogens is 1. The van der Waals surface area contributed by atoms with Gasteiger partial charge in [-0.15, -0.1) is 12.4 Å². The van der Waals surface area contributed by atoms with Crippen LogP contribution in [0.25, 0.3) is 0 Å². The van der Waals surface area contributed by atoms with E-state index in [4.69, 9.17) is 4.74 Å². The SMILES string of the molecule is COc1ccccc1CN(C)Cc1cccc2c1NCC2.Cl. The molecule has 0 aromatic heterocycles. The molecule has 0 atom stereocenters. The topological polar surface area (TPSA) is 24.5 Å². The summed E-state index contributed by atoms with van der Waals surface area (Å²) in [4.78, 5) is 2.33. The van der Waals surface area contributed by atoms with E-state index in [1.54, 1.807) is 7.11 Å². The first-order valence-electron chi connectivity index (χ1n) is 7.43. The first-order valence-corrected chi connectivity index (χ1v) is 7.43. The monoisotopic (exact) mass is 318 g/mol. The number of nitrogens with zero attached hydrogens (tertiary/aromatic N) is 1. The third-order valence-electron chi connectivity index (χ3n) is 4.01. The highest BCUT2D eigenvalue weighted by Gasteiger charge is 2.15. The van der Waals surface area contributed by atoms with Crippen molar-refractivity contribution in [2.24, 2.45) is 0 Å². The molecule has 0 unspecified atom stereocenters. The van der Waals surface area contributed by atoms with E-state index in [2.05, 4.69) is 47.6 Å². The quantitative estimate of drug-likeness (QED) is 0.909. The van der Waals surface area contributed by atoms with Gasteiger partial charge in [0.25, 0.3) is 0 Å². The predicted molar refractivity (Wildman–Crippen MR) is 94.0 cm³/mol. The maximum Gasteiger partial charge on any atom is 0.123 e. The minimum Gasteiger partial charge on any atom is -0.496 e. The molecule has 0 saturated carbocycles. The Bertz CT molecular complexity index is 630. The van der Waals surface area contributed by atoms with Crippen molar-refractivity contribution in [3.63, 3.8) is 0 Å². The Morgan fingerprint density at radius 3 is 2.59 bits per heavy atom. The predicted octanol–water partition coefficient (Wildman–Crippen LogP) is 3.72. The number of hydrogen-bond acceptors (Lipinski definition) is 3. The molecule has 0 spiro atoms. The maximum atomic E-state index is 5.43. The lowest BCUT2D eigenvalue weighted by molar-refractivity contribution is 0.310. The summed E-state index contributed by atoms with van der Waals surface area (Å²) in [7, 11) is 3.88. The first-order chi connectivity index (χ1) is 10.3. The molecule has 1 N–H and O–H groups in total. The summed E-state index contributed by atoms with van der Waals surface area (Å²) in [6.07, 6.45) is 1.14. The Morgan fingerprint density at radius 1 is 1.05 bits per heavy atom. The molecule has 0 saturated heterocycles. The zero-order valence-electron chi connectivity index (χ0n) is 13.1. The minimum atomic E-state index is 0. The molecule has 1 heterocycles. The molecule has 3 rings (SSSR count). The van der Waals surface area contributed by atoms with Gasteiger partial charge in [-0.2, -0.15) is 0 Å². The van der Waals surface area contributed by atoms with Gasteiger partial charge in [0.05, 0.1) is 7.11 Å². The van der Waals surface area contributed by atoms with E-state index in [0.717, 1.165) is 31.8 Å². The van der Waals surface area contributed by atoms with Crippen molar-refractivity contribution in [3.8, 4) is 5.75 Å². The fourth-order valence-corrected chi connectivity index (χ4v) is 3.01. The molecular formula is C18H23ClN2O. The lowest BCUT2D eigenvalue weighted by Gasteiger charge is -2.20. The van der Waals surface area contributed by atoms with Gasteiger partial charge in [-0.05, 0) is 30.7 Å². The number of hydrogen-bond donors (Lipinski definition) is 1. The third-order valence-corrected chi connectivity index (χ3v) is 4.01. The van der Waals surface area contributed by atoms with Gasteiger partial charge in [-0.1, -0.05) is 36.4 Å². The second kappa shape index (κ2) is 7.52. The van der Waals surface area contributed by atoms with Gasteiger partial charge in [0.15, 0.2) is 0 Å². The number of rotatable bonds is 5. The van der Waals surface area contributed by atoms with Crippen LogP contribution >= 0.6 is 12.4 Å². The molecular weight excluding hydrogens is 296 g/mol. The van der Waals surface area contributed by atoms with E-state index in [1.807, 2.05) is 12.1 Å². The molecule has 0 bridgehead atoms. The summed E-state index contributed by atoms with van der Waals surface area (Å²) in [6, 6.07) is 14.8. The number of methoxy groups -OCH3 is 1. The minimum absolute atomic E-state index is 0. The molecule has 3 nitrogen and oxygen atoms in total. The van der Waals surface area contributed by atoms with Crippen LogP contribution < -0.4 is 10.1 Å². The zero-order chi connectivity index (χ0) is 14.7. The summed E-state index contributed by atoms with van der Waals surface area (Å²) in [5.41, 5.74) is 5.38. The smallest absolute Gasteiger partial charge is 0.123 e. The molecule has 0 aliphatic carbocycles. The van der Waals surface area contributed by atoms with Crippen molar-refractivity contribution in [2.75, 3.05) is 26.0 Å². The van der Waals surface area contributed by atoms with Crippen molar-refractivity contribution in [1.82, 2.24) is 4.90 Å².